The highest BCUT2D eigenvalue weighted by atomic mass is 32.2. The Balaban J connectivity index is 1.64. The van der Waals surface area contributed by atoms with Gasteiger partial charge < -0.3 is 4.98 Å². The zero-order valence-electron chi connectivity index (χ0n) is 15.4. The monoisotopic (exact) mass is 446 g/mol. The maximum Gasteiger partial charge on any atom is 0.416 e. The molecule has 0 spiro atoms. The third-order valence-electron chi connectivity index (χ3n) is 4.54. The Morgan fingerprint density at radius 1 is 1.17 bits per heavy atom. The van der Waals surface area contributed by atoms with E-state index >= 15 is 0 Å². The normalized spacial score (nSPS) is 16.0. The van der Waals surface area contributed by atoms with Crippen LogP contribution in [0.5, 0.6) is 0 Å². The van der Waals surface area contributed by atoms with Crippen molar-refractivity contribution in [2.45, 2.75) is 13.1 Å². The van der Waals surface area contributed by atoms with Gasteiger partial charge in [-0.3, -0.25) is 9.69 Å². The first-order valence-corrected chi connectivity index (χ1v) is 9.89. The van der Waals surface area contributed by atoms with E-state index in [9.17, 15) is 18.0 Å². The molecule has 1 saturated heterocycles. The molecule has 0 radical (unpaired) electrons. The lowest BCUT2D eigenvalue weighted by atomic mass is 10.1. The van der Waals surface area contributed by atoms with Crippen LogP contribution in [0.4, 0.5) is 18.9 Å². The molecule has 1 amide bonds. The highest BCUT2D eigenvalue weighted by Crippen LogP contribution is 2.41. The Hall–Kier alpha value is -2.98. The van der Waals surface area contributed by atoms with Crippen molar-refractivity contribution >= 4 is 46.0 Å². The molecule has 2 heterocycles. The summed E-state index contributed by atoms with van der Waals surface area (Å²) in [6, 6.07) is 11.0. The number of alkyl halides is 3. The molecule has 0 bridgehead atoms. The van der Waals surface area contributed by atoms with Crippen LogP contribution in [0.25, 0.3) is 17.5 Å². The molecule has 1 aliphatic heterocycles. The van der Waals surface area contributed by atoms with Crippen molar-refractivity contribution in [3.63, 3.8) is 0 Å². The van der Waals surface area contributed by atoms with Crippen molar-refractivity contribution in [2.75, 3.05) is 4.90 Å². The van der Waals surface area contributed by atoms with Crippen LogP contribution in [0, 0.1) is 6.92 Å². The molecular weight excluding hydrogens is 433 g/mol. The van der Waals surface area contributed by atoms with Gasteiger partial charge in [-0.25, -0.2) is 0 Å². The maximum atomic E-state index is 13.2. The lowest BCUT2D eigenvalue weighted by molar-refractivity contribution is -0.138. The minimum absolute atomic E-state index is 0.0426. The Morgan fingerprint density at radius 2 is 1.90 bits per heavy atom. The van der Waals surface area contributed by atoms with Crippen molar-refractivity contribution in [2.24, 2.45) is 0 Å². The van der Waals surface area contributed by atoms with E-state index in [2.05, 4.69) is 15.2 Å². The van der Waals surface area contributed by atoms with Crippen LogP contribution in [-0.2, 0) is 11.0 Å². The van der Waals surface area contributed by atoms with Crippen LogP contribution in [0.15, 0.2) is 53.7 Å². The summed E-state index contributed by atoms with van der Waals surface area (Å²) < 4.78 is 39.9. The number of hydrogen-bond donors (Lipinski definition) is 1. The number of carbonyl (C=O) groups is 1. The summed E-state index contributed by atoms with van der Waals surface area (Å²) >= 11 is 6.35. The second kappa shape index (κ2) is 7.69. The Morgan fingerprint density at radius 3 is 2.53 bits per heavy atom. The Kier molecular flexibility index (Phi) is 5.20. The molecule has 3 aromatic rings. The standard InChI is InChI=1S/C20H13F3N4OS2/c1-11-14(20(21,22)23)3-2-4-15(11)27-18(28)16(30-19(27)29)9-12-5-7-13(8-6-12)17-24-10-25-26-17/h2-10H,1H3,(H,24,25,26)/b16-9-. The Labute approximate surface area is 179 Å². The zero-order chi connectivity index (χ0) is 21.5. The number of aromatic amines is 1. The van der Waals surface area contributed by atoms with E-state index in [0.717, 1.165) is 33.9 Å². The number of nitrogens with one attached hydrogen (secondary N) is 1. The van der Waals surface area contributed by atoms with E-state index in [1.54, 1.807) is 18.2 Å². The number of anilines is 1. The predicted octanol–water partition coefficient (Wildman–Crippen LogP) is 5.20. The van der Waals surface area contributed by atoms with Gasteiger partial charge in [-0.1, -0.05) is 54.3 Å². The first kappa shape index (κ1) is 20.3. The lowest BCUT2D eigenvalue weighted by Crippen LogP contribution is -2.29. The third-order valence-corrected chi connectivity index (χ3v) is 5.85. The average molecular weight is 446 g/mol. The summed E-state index contributed by atoms with van der Waals surface area (Å²) in [7, 11) is 0. The average Bonchev–Trinajstić information content (AvgIpc) is 3.31. The van der Waals surface area contributed by atoms with Gasteiger partial charge in [0.1, 0.15) is 6.33 Å². The first-order chi connectivity index (χ1) is 14.3. The van der Waals surface area contributed by atoms with E-state index in [0.29, 0.717) is 10.7 Å². The minimum Gasteiger partial charge on any atom is -0.328 e. The summed E-state index contributed by atoms with van der Waals surface area (Å²) in [5.74, 6) is 0.166. The van der Waals surface area contributed by atoms with Crippen LogP contribution < -0.4 is 4.90 Å². The molecule has 1 aromatic heterocycles. The molecule has 0 saturated carbocycles. The number of thioether (sulfide) groups is 1. The number of rotatable bonds is 3. The van der Waals surface area contributed by atoms with E-state index in [4.69, 9.17) is 12.2 Å². The van der Waals surface area contributed by atoms with Gasteiger partial charge in [0.2, 0.25) is 0 Å². The molecule has 10 heteroatoms. The molecule has 1 aliphatic rings. The summed E-state index contributed by atoms with van der Waals surface area (Å²) in [6.07, 6.45) is -1.38. The summed E-state index contributed by atoms with van der Waals surface area (Å²) in [5.41, 5.74) is 0.882. The van der Waals surface area contributed by atoms with E-state index in [1.165, 1.54) is 25.4 Å². The number of nitrogens with zero attached hydrogens (tertiary/aromatic N) is 3. The molecule has 30 heavy (non-hydrogen) atoms. The number of carbonyl (C=O) groups excluding carboxylic acids is 1. The van der Waals surface area contributed by atoms with Crippen LogP contribution >= 0.6 is 24.0 Å². The molecule has 152 valence electrons. The molecule has 1 N–H and O–H groups in total. The van der Waals surface area contributed by atoms with Crippen LogP contribution in [0.1, 0.15) is 16.7 Å². The topological polar surface area (TPSA) is 61.9 Å². The van der Waals surface area contributed by atoms with Crippen molar-refractivity contribution in [1.82, 2.24) is 15.2 Å². The van der Waals surface area contributed by atoms with Gasteiger partial charge in [-0.05, 0) is 36.3 Å². The molecular formula is C20H13F3N4OS2. The van der Waals surface area contributed by atoms with Gasteiger partial charge in [0.05, 0.1) is 16.2 Å². The fourth-order valence-electron chi connectivity index (χ4n) is 3.08. The molecule has 0 atom stereocenters. The highest BCUT2D eigenvalue weighted by Gasteiger charge is 2.38. The Bertz CT molecular complexity index is 1160. The number of benzene rings is 2. The zero-order valence-corrected chi connectivity index (χ0v) is 17.0. The van der Waals surface area contributed by atoms with E-state index in [-0.39, 0.29) is 15.6 Å². The van der Waals surface area contributed by atoms with Gasteiger partial charge >= 0.3 is 6.18 Å². The van der Waals surface area contributed by atoms with Gasteiger partial charge in [-0.2, -0.15) is 13.2 Å². The highest BCUT2D eigenvalue weighted by molar-refractivity contribution is 8.27. The fourth-order valence-corrected chi connectivity index (χ4v) is 4.37. The molecule has 0 unspecified atom stereocenters. The van der Waals surface area contributed by atoms with Crippen molar-refractivity contribution < 1.29 is 18.0 Å². The van der Waals surface area contributed by atoms with Crippen LogP contribution in [0.3, 0.4) is 0 Å². The summed E-state index contributed by atoms with van der Waals surface area (Å²) in [4.78, 5) is 17.3. The summed E-state index contributed by atoms with van der Waals surface area (Å²) in [6.45, 7) is 1.34. The second-order valence-electron chi connectivity index (χ2n) is 6.42. The second-order valence-corrected chi connectivity index (χ2v) is 8.10. The van der Waals surface area contributed by atoms with E-state index < -0.39 is 17.6 Å². The van der Waals surface area contributed by atoms with Gasteiger partial charge in [0, 0.05) is 5.56 Å². The minimum atomic E-state index is -4.51. The molecule has 2 aromatic carbocycles. The molecule has 0 aliphatic carbocycles. The fraction of sp³-hybridized carbons (Fsp3) is 0.100. The van der Waals surface area contributed by atoms with Gasteiger partial charge in [-0.15, -0.1) is 10.2 Å². The van der Waals surface area contributed by atoms with Gasteiger partial charge in [0.15, 0.2) is 10.1 Å². The number of amides is 1. The third kappa shape index (κ3) is 3.75. The number of thiocarbonyl (C=S) groups is 1. The van der Waals surface area contributed by atoms with E-state index in [1.807, 2.05) is 12.1 Å². The van der Waals surface area contributed by atoms with Crippen molar-refractivity contribution in [3.8, 4) is 11.4 Å². The predicted molar refractivity (Wildman–Crippen MR) is 114 cm³/mol. The smallest absolute Gasteiger partial charge is 0.328 e. The largest absolute Gasteiger partial charge is 0.416 e. The van der Waals surface area contributed by atoms with Crippen molar-refractivity contribution in [3.05, 3.63) is 70.4 Å². The number of hydrogen-bond acceptors (Lipinski definition) is 5. The number of H-pyrrole nitrogens is 1. The quantitative estimate of drug-likeness (QED) is 0.442. The maximum absolute atomic E-state index is 13.2. The SMILES string of the molecule is Cc1c(N2C(=O)/C(=C/c3ccc(-c4nnc[nH]4)cc3)SC2=S)cccc1C(F)(F)F. The van der Waals surface area contributed by atoms with Crippen molar-refractivity contribution in [1.29, 1.82) is 0 Å². The van der Waals surface area contributed by atoms with Gasteiger partial charge in [0.25, 0.3) is 5.91 Å². The molecule has 4 rings (SSSR count). The number of halogens is 3. The molecule has 5 nitrogen and oxygen atoms in total. The number of aromatic nitrogens is 3. The summed E-state index contributed by atoms with van der Waals surface area (Å²) in [5, 5.41) is 7.67. The first-order valence-electron chi connectivity index (χ1n) is 8.67. The van der Waals surface area contributed by atoms with Crippen LogP contribution in [0.2, 0.25) is 0 Å². The lowest BCUT2D eigenvalue weighted by Gasteiger charge is -2.20. The van der Waals surface area contributed by atoms with Crippen LogP contribution in [-0.4, -0.2) is 25.4 Å². The molecule has 1 fully saturated rings.